The van der Waals surface area contributed by atoms with E-state index in [-0.39, 0.29) is 0 Å². The Morgan fingerprint density at radius 3 is 2.37 bits per heavy atom. The molecule has 1 aliphatic heterocycles. The minimum Gasteiger partial charge on any atom is -0.284 e. The molecule has 0 saturated carbocycles. The molecule has 2 heterocycles. The fourth-order valence-electron chi connectivity index (χ4n) is 3.74. The van der Waals surface area contributed by atoms with Crippen molar-refractivity contribution < 1.29 is 0 Å². The second-order valence-corrected chi connectivity index (χ2v) is 7.68. The van der Waals surface area contributed by atoms with Crippen LogP contribution in [0.15, 0.2) is 54.6 Å². The van der Waals surface area contributed by atoms with E-state index in [4.69, 9.17) is 17.3 Å². The smallest absolute Gasteiger partial charge is 0.204 e. The molecule has 1 fully saturated rings. The maximum absolute atomic E-state index is 5.88. The van der Waals surface area contributed by atoms with Gasteiger partial charge in [-0.05, 0) is 62.8 Å². The van der Waals surface area contributed by atoms with Crippen LogP contribution in [0.25, 0.3) is 17.1 Å². The summed E-state index contributed by atoms with van der Waals surface area (Å²) in [6.07, 6.45) is 5.18. The van der Waals surface area contributed by atoms with Crippen molar-refractivity contribution >= 4 is 12.2 Å². The van der Waals surface area contributed by atoms with Gasteiger partial charge < -0.3 is 0 Å². The summed E-state index contributed by atoms with van der Waals surface area (Å²) in [4.78, 5) is 2.48. The van der Waals surface area contributed by atoms with Gasteiger partial charge in [0.25, 0.3) is 0 Å². The Balaban J connectivity index is 1.78. The molecule has 0 N–H and O–H groups in total. The molecule has 3 aromatic rings. The molecule has 4 nitrogen and oxygen atoms in total. The lowest BCUT2D eigenvalue weighted by Gasteiger charge is -2.19. The largest absolute Gasteiger partial charge is 0.284 e. The number of hydrogen-bond acceptors (Lipinski definition) is 3. The number of likely N-dealkylation sites (tertiary alicyclic amines) is 1. The Labute approximate surface area is 166 Å². The fourth-order valence-corrected chi connectivity index (χ4v) is 4.03. The van der Waals surface area contributed by atoms with Gasteiger partial charge in [0.05, 0.1) is 12.4 Å². The molecule has 0 unspecified atom stereocenters. The molecule has 0 aliphatic carbocycles. The van der Waals surface area contributed by atoms with Gasteiger partial charge in [-0.3, -0.25) is 9.47 Å². The monoisotopic (exact) mass is 378 g/mol. The van der Waals surface area contributed by atoms with E-state index in [1.165, 1.54) is 31.2 Å². The fraction of sp³-hybridized carbons (Fsp3) is 0.364. The highest BCUT2D eigenvalue weighted by Gasteiger charge is 2.17. The van der Waals surface area contributed by atoms with E-state index in [9.17, 15) is 0 Å². The maximum atomic E-state index is 5.88. The molecule has 0 spiro atoms. The zero-order valence-electron chi connectivity index (χ0n) is 15.8. The van der Waals surface area contributed by atoms with Crippen LogP contribution in [0.2, 0.25) is 0 Å². The Kier molecular flexibility index (Phi) is 5.50. The first-order valence-electron chi connectivity index (χ1n) is 9.77. The van der Waals surface area contributed by atoms with E-state index in [1.54, 1.807) is 0 Å². The molecular weight excluding hydrogens is 352 g/mol. The average Bonchev–Trinajstić information content (AvgIpc) is 2.84. The second-order valence-electron chi connectivity index (χ2n) is 7.32. The quantitative estimate of drug-likeness (QED) is 0.583. The van der Waals surface area contributed by atoms with Crippen molar-refractivity contribution in [3.63, 3.8) is 0 Å². The number of hydrogen-bond donors (Lipinski definition) is 0. The number of benzene rings is 2. The van der Waals surface area contributed by atoms with Crippen molar-refractivity contribution in [1.82, 2.24) is 19.2 Å². The standard InChI is InChI=1S/C22H26N4S/c1-18-10-9-13-20(16-18)26-21(19-11-5-4-6-12-19)23-25(22(26)27)17-24-14-7-2-3-8-15-24/h4-6,9-13,16H,2-3,7-8,14-15,17H2,1H3. The molecule has 5 heteroatoms. The van der Waals surface area contributed by atoms with Gasteiger partial charge in [-0.25, -0.2) is 4.68 Å². The van der Waals surface area contributed by atoms with Crippen LogP contribution in [0.1, 0.15) is 31.2 Å². The van der Waals surface area contributed by atoms with E-state index in [0.29, 0.717) is 0 Å². The van der Waals surface area contributed by atoms with Gasteiger partial charge >= 0.3 is 0 Å². The third-order valence-corrected chi connectivity index (χ3v) is 5.56. The molecule has 140 valence electrons. The highest BCUT2D eigenvalue weighted by molar-refractivity contribution is 7.71. The molecule has 0 bridgehead atoms. The zero-order chi connectivity index (χ0) is 18.6. The third-order valence-electron chi connectivity index (χ3n) is 5.16. The molecule has 4 rings (SSSR count). The van der Waals surface area contributed by atoms with E-state index in [2.05, 4.69) is 52.8 Å². The highest BCUT2D eigenvalue weighted by Crippen LogP contribution is 2.23. The van der Waals surface area contributed by atoms with Gasteiger partial charge in [-0.15, -0.1) is 5.10 Å². The Morgan fingerprint density at radius 1 is 0.926 bits per heavy atom. The number of rotatable bonds is 4. The normalized spacial score (nSPS) is 15.6. The summed E-state index contributed by atoms with van der Waals surface area (Å²) in [6, 6.07) is 18.8. The molecule has 1 saturated heterocycles. The van der Waals surface area contributed by atoms with Crippen molar-refractivity contribution in [2.24, 2.45) is 0 Å². The molecule has 1 aromatic heterocycles. The second kappa shape index (κ2) is 8.19. The molecule has 0 amide bonds. The summed E-state index contributed by atoms with van der Waals surface area (Å²) >= 11 is 5.88. The summed E-state index contributed by atoms with van der Waals surface area (Å²) in [5.74, 6) is 0.904. The Morgan fingerprint density at radius 2 is 1.67 bits per heavy atom. The molecule has 2 aromatic carbocycles. The number of aryl methyl sites for hydroxylation is 1. The Hall–Kier alpha value is -2.24. The third kappa shape index (κ3) is 4.04. The number of nitrogens with zero attached hydrogens (tertiary/aromatic N) is 4. The van der Waals surface area contributed by atoms with Gasteiger partial charge in [-0.2, -0.15) is 0 Å². The van der Waals surface area contributed by atoms with Crippen LogP contribution in [-0.2, 0) is 6.67 Å². The maximum Gasteiger partial charge on any atom is 0.204 e. The first-order valence-corrected chi connectivity index (χ1v) is 10.2. The van der Waals surface area contributed by atoms with Crippen molar-refractivity contribution in [1.29, 1.82) is 0 Å². The van der Waals surface area contributed by atoms with Crippen molar-refractivity contribution in [3.05, 3.63) is 64.9 Å². The summed E-state index contributed by atoms with van der Waals surface area (Å²) in [5.41, 5.74) is 3.37. The highest BCUT2D eigenvalue weighted by atomic mass is 32.1. The van der Waals surface area contributed by atoms with Crippen LogP contribution >= 0.6 is 12.2 Å². The summed E-state index contributed by atoms with van der Waals surface area (Å²) < 4.78 is 4.85. The van der Waals surface area contributed by atoms with E-state index in [1.807, 2.05) is 22.9 Å². The first kappa shape index (κ1) is 18.1. The molecule has 27 heavy (non-hydrogen) atoms. The van der Waals surface area contributed by atoms with Gasteiger partial charge in [0.15, 0.2) is 5.82 Å². The molecular formula is C22H26N4S. The van der Waals surface area contributed by atoms with Gasteiger partial charge in [0.2, 0.25) is 4.77 Å². The van der Waals surface area contributed by atoms with Gasteiger partial charge in [0.1, 0.15) is 0 Å². The van der Waals surface area contributed by atoms with Crippen molar-refractivity contribution in [2.45, 2.75) is 39.3 Å². The first-order chi connectivity index (χ1) is 13.2. The van der Waals surface area contributed by atoms with E-state index in [0.717, 1.165) is 41.6 Å². The van der Waals surface area contributed by atoms with Crippen LogP contribution < -0.4 is 0 Å². The van der Waals surface area contributed by atoms with Crippen LogP contribution in [-0.4, -0.2) is 32.3 Å². The van der Waals surface area contributed by atoms with Crippen LogP contribution in [0.4, 0.5) is 0 Å². The minimum atomic E-state index is 0.753. The van der Waals surface area contributed by atoms with E-state index < -0.39 is 0 Å². The summed E-state index contributed by atoms with van der Waals surface area (Å²) in [7, 11) is 0. The number of aromatic nitrogens is 3. The SMILES string of the molecule is Cc1cccc(-n2c(-c3ccccc3)nn(CN3CCCCCC3)c2=S)c1. The Bertz CT molecular complexity index is 950. The summed E-state index contributed by atoms with van der Waals surface area (Å²) in [5, 5.41) is 4.94. The van der Waals surface area contributed by atoms with Gasteiger partial charge in [-0.1, -0.05) is 55.3 Å². The van der Waals surface area contributed by atoms with Crippen LogP contribution in [0.5, 0.6) is 0 Å². The topological polar surface area (TPSA) is 26.0 Å². The van der Waals surface area contributed by atoms with Crippen molar-refractivity contribution in [3.8, 4) is 17.1 Å². The summed E-state index contributed by atoms with van der Waals surface area (Å²) in [6.45, 7) is 5.12. The van der Waals surface area contributed by atoms with Crippen LogP contribution in [0.3, 0.4) is 0 Å². The lowest BCUT2D eigenvalue weighted by molar-refractivity contribution is 0.213. The predicted octanol–water partition coefficient (Wildman–Crippen LogP) is 5.21. The van der Waals surface area contributed by atoms with Crippen LogP contribution in [0, 0.1) is 11.7 Å². The predicted molar refractivity (Wildman–Crippen MR) is 113 cm³/mol. The van der Waals surface area contributed by atoms with Crippen molar-refractivity contribution in [2.75, 3.05) is 13.1 Å². The molecule has 1 aliphatic rings. The van der Waals surface area contributed by atoms with Gasteiger partial charge in [0, 0.05) is 5.56 Å². The van der Waals surface area contributed by atoms with E-state index >= 15 is 0 Å². The zero-order valence-corrected chi connectivity index (χ0v) is 16.7. The lowest BCUT2D eigenvalue weighted by atomic mass is 10.2. The molecule has 0 radical (unpaired) electrons. The molecule has 0 atom stereocenters. The minimum absolute atomic E-state index is 0.753. The lowest BCUT2D eigenvalue weighted by Crippen LogP contribution is -2.28. The average molecular weight is 379 g/mol.